The molecule has 0 aliphatic heterocycles. The van der Waals surface area contributed by atoms with Crippen molar-refractivity contribution < 1.29 is 26.4 Å². The number of hydrogen-bond donors (Lipinski definition) is 1. The van der Waals surface area contributed by atoms with Gasteiger partial charge in [0.15, 0.2) is 5.16 Å². The maximum Gasteiger partial charge on any atom is 0.390 e. The van der Waals surface area contributed by atoms with E-state index in [2.05, 4.69) is 4.98 Å². The zero-order valence-electron chi connectivity index (χ0n) is 13.2. The lowest BCUT2D eigenvalue weighted by Gasteiger charge is -2.08. The number of halogens is 4. The summed E-state index contributed by atoms with van der Waals surface area (Å²) in [5.41, 5.74) is -0.313. The van der Waals surface area contributed by atoms with Crippen molar-refractivity contribution in [3.8, 4) is 0 Å². The van der Waals surface area contributed by atoms with E-state index in [1.165, 1.54) is 24.3 Å². The van der Waals surface area contributed by atoms with Crippen LogP contribution in [0.5, 0.6) is 0 Å². The first-order chi connectivity index (χ1) is 12.0. The molecule has 0 fully saturated rings. The van der Waals surface area contributed by atoms with Gasteiger partial charge < -0.3 is 4.57 Å². The predicted molar refractivity (Wildman–Crippen MR) is 90.8 cm³/mol. The van der Waals surface area contributed by atoms with E-state index in [0.717, 1.165) is 22.5 Å². The minimum absolute atomic E-state index is 0.0756. The average Bonchev–Trinajstić information content (AvgIpc) is 2.95. The lowest BCUT2D eigenvalue weighted by Crippen LogP contribution is -2.31. The molecule has 12 heteroatoms. The molecule has 0 atom stereocenters. The fourth-order valence-corrected chi connectivity index (χ4v) is 4.02. The van der Waals surface area contributed by atoms with E-state index in [9.17, 15) is 26.4 Å². The third kappa shape index (κ3) is 5.15. The molecule has 0 aliphatic carbocycles. The van der Waals surface area contributed by atoms with E-state index in [1.807, 2.05) is 4.72 Å². The van der Waals surface area contributed by atoms with Crippen molar-refractivity contribution in [2.45, 2.75) is 29.2 Å². The van der Waals surface area contributed by atoms with Crippen LogP contribution in [-0.4, -0.2) is 36.3 Å². The highest BCUT2D eigenvalue weighted by Gasteiger charge is 2.28. The number of carbonyl (C=O) groups is 1. The summed E-state index contributed by atoms with van der Waals surface area (Å²) in [6, 6.07) is 5.52. The number of hydrogen-bond acceptors (Lipinski definition) is 5. The second-order valence-corrected chi connectivity index (χ2v) is 7.87. The Balaban J connectivity index is 2.22. The van der Waals surface area contributed by atoms with Crippen molar-refractivity contribution in [2.75, 3.05) is 6.26 Å². The molecular weight excluding hydrogens is 415 g/mol. The molecule has 2 rings (SSSR count). The normalized spacial score (nSPS) is 12.2. The number of nitrogens with zero attached hydrogens (tertiary/aromatic N) is 2. The van der Waals surface area contributed by atoms with Crippen LogP contribution in [0.2, 0.25) is 5.02 Å². The molecular formula is C14H13ClF3N3O3S2. The van der Waals surface area contributed by atoms with Crippen LogP contribution in [0.25, 0.3) is 0 Å². The standard InChI is InChI=1S/C14H13ClF3N3O3S2/c1-25-13-19-10(8-21(13)7-6-14(16,17)18)12(22)20-26(23,24)11-5-3-2-4-9(11)15/h2-5,8H,6-7H2,1H3,(H,20,22). The Morgan fingerprint density at radius 1 is 1.35 bits per heavy atom. The second kappa shape index (κ2) is 7.89. The largest absolute Gasteiger partial charge is 0.390 e. The molecule has 0 saturated carbocycles. The molecule has 1 aromatic carbocycles. The number of benzene rings is 1. The average molecular weight is 428 g/mol. The zero-order valence-corrected chi connectivity index (χ0v) is 15.6. The minimum atomic E-state index is -4.37. The molecule has 26 heavy (non-hydrogen) atoms. The first kappa shape index (κ1) is 20.6. The topological polar surface area (TPSA) is 81.1 Å². The number of rotatable bonds is 6. The summed E-state index contributed by atoms with van der Waals surface area (Å²) in [6.07, 6.45) is -2.81. The number of aromatic nitrogens is 2. The van der Waals surface area contributed by atoms with E-state index in [4.69, 9.17) is 11.6 Å². The van der Waals surface area contributed by atoms with Crippen LogP contribution in [-0.2, 0) is 16.6 Å². The summed E-state index contributed by atoms with van der Waals surface area (Å²) >= 11 is 6.85. The van der Waals surface area contributed by atoms with Gasteiger partial charge >= 0.3 is 6.18 Å². The Morgan fingerprint density at radius 3 is 2.58 bits per heavy atom. The maximum absolute atomic E-state index is 12.4. The number of aryl methyl sites for hydroxylation is 1. The number of amides is 1. The quantitative estimate of drug-likeness (QED) is 0.715. The van der Waals surface area contributed by atoms with Gasteiger partial charge in [0.05, 0.1) is 11.4 Å². The predicted octanol–water partition coefficient (Wildman–Crippen LogP) is 3.33. The Labute approximate surface area is 156 Å². The lowest BCUT2D eigenvalue weighted by molar-refractivity contribution is -0.137. The Morgan fingerprint density at radius 2 is 2.00 bits per heavy atom. The van der Waals surface area contributed by atoms with E-state index < -0.39 is 35.1 Å². The smallest absolute Gasteiger partial charge is 0.325 e. The molecule has 1 N–H and O–H groups in total. The van der Waals surface area contributed by atoms with Crippen LogP contribution in [0.4, 0.5) is 13.2 Å². The van der Waals surface area contributed by atoms with Crippen LogP contribution in [0, 0.1) is 0 Å². The fourth-order valence-electron chi connectivity index (χ4n) is 1.97. The van der Waals surface area contributed by atoms with Gasteiger partial charge in [-0.15, -0.1) is 0 Å². The van der Waals surface area contributed by atoms with Crippen molar-refractivity contribution in [2.24, 2.45) is 0 Å². The fraction of sp³-hybridized carbons (Fsp3) is 0.286. The van der Waals surface area contributed by atoms with E-state index in [0.29, 0.717) is 0 Å². The van der Waals surface area contributed by atoms with Crippen LogP contribution in [0.3, 0.4) is 0 Å². The summed E-state index contributed by atoms with van der Waals surface area (Å²) in [5, 5.41) is 0.0860. The van der Waals surface area contributed by atoms with Crippen LogP contribution in [0.1, 0.15) is 16.9 Å². The lowest BCUT2D eigenvalue weighted by atomic mass is 10.4. The number of nitrogens with one attached hydrogen (secondary N) is 1. The molecule has 1 heterocycles. The molecule has 0 bridgehead atoms. The summed E-state index contributed by atoms with van der Waals surface area (Å²) in [5.74, 6) is -1.06. The summed E-state index contributed by atoms with van der Waals surface area (Å²) in [6.45, 7) is -0.433. The highest BCUT2D eigenvalue weighted by Crippen LogP contribution is 2.24. The monoisotopic (exact) mass is 427 g/mol. The van der Waals surface area contributed by atoms with Crippen molar-refractivity contribution >= 4 is 39.3 Å². The number of sulfonamides is 1. The molecule has 6 nitrogen and oxygen atoms in total. The van der Waals surface area contributed by atoms with Crippen LogP contribution >= 0.6 is 23.4 Å². The number of imidazole rings is 1. The summed E-state index contributed by atoms with van der Waals surface area (Å²) in [4.78, 5) is 15.8. The molecule has 142 valence electrons. The Kier molecular flexibility index (Phi) is 6.25. The molecule has 2 aromatic rings. The van der Waals surface area contributed by atoms with E-state index in [-0.39, 0.29) is 20.8 Å². The van der Waals surface area contributed by atoms with Gasteiger partial charge in [-0.2, -0.15) is 13.2 Å². The molecule has 1 aromatic heterocycles. The highest BCUT2D eigenvalue weighted by molar-refractivity contribution is 7.98. The van der Waals surface area contributed by atoms with Crippen molar-refractivity contribution in [1.82, 2.24) is 14.3 Å². The van der Waals surface area contributed by atoms with Gasteiger partial charge in [0.25, 0.3) is 15.9 Å². The van der Waals surface area contributed by atoms with Crippen molar-refractivity contribution in [3.05, 3.63) is 41.2 Å². The van der Waals surface area contributed by atoms with Crippen LogP contribution in [0.15, 0.2) is 40.5 Å². The highest BCUT2D eigenvalue weighted by atomic mass is 35.5. The van der Waals surface area contributed by atoms with Crippen molar-refractivity contribution in [3.63, 3.8) is 0 Å². The maximum atomic E-state index is 12.4. The Bertz CT molecular complexity index is 914. The first-order valence-electron chi connectivity index (χ1n) is 7.03. The first-order valence-corrected chi connectivity index (χ1v) is 10.1. The van der Waals surface area contributed by atoms with Gasteiger partial charge in [0.1, 0.15) is 10.6 Å². The SMILES string of the molecule is CSc1nc(C(=O)NS(=O)(=O)c2ccccc2Cl)cn1CCC(F)(F)F. The third-order valence-electron chi connectivity index (χ3n) is 3.14. The Hall–Kier alpha value is -1.72. The number of carbonyl (C=O) groups excluding carboxylic acids is 1. The molecule has 1 amide bonds. The van der Waals surface area contributed by atoms with Gasteiger partial charge in [-0.25, -0.2) is 18.1 Å². The molecule has 0 unspecified atom stereocenters. The molecule has 0 radical (unpaired) electrons. The number of alkyl halides is 3. The van der Waals surface area contributed by atoms with Crippen molar-refractivity contribution in [1.29, 1.82) is 0 Å². The zero-order chi connectivity index (χ0) is 19.5. The molecule has 0 spiro atoms. The minimum Gasteiger partial charge on any atom is -0.325 e. The van der Waals surface area contributed by atoms with Gasteiger partial charge in [0.2, 0.25) is 0 Å². The van der Waals surface area contributed by atoms with Crippen LogP contribution < -0.4 is 4.72 Å². The summed E-state index contributed by atoms with van der Waals surface area (Å²) in [7, 11) is -4.25. The van der Waals surface area contributed by atoms with Gasteiger partial charge in [0, 0.05) is 12.7 Å². The van der Waals surface area contributed by atoms with Gasteiger partial charge in [-0.1, -0.05) is 35.5 Å². The van der Waals surface area contributed by atoms with E-state index >= 15 is 0 Å². The summed E-state index contributed by atoms with van der Waals surface area (Å²) < 4.78 is 64.6. The molecule has 0 saturated heterocycles. The van der Waals surface area contributed by atoms with E-state index in [1.54, 1.807) is 6.26 Å². The third-order valence-corrected chi connectivity index (χ3v) is 5.67. The van der Waals surface area contributed by atoms with Gasteiger partial charge in [-0.3, -0.25) is 4.79 Å². The number of thioether (sulfide) groups is 1. The second-order valence-electron chi connectivity index (χ2n) is 5.04. The molecule has 0 aliphatic rings. The van der Waals surface area contributed by atoms with Gasteiger partial charge in [-0.05, 0) is 18.4 Å².